The Morgan fingerprint density at radius 3 is 2.55 bits per heavy atom. The second-order valence-corrected chi connectivity index (χ2v) is 8.81. The third-order valence-corrected chi connectivity index (χ3v) is 6.92. The normalized spacial score (nSPS) is 14.4. The van der Waals surface area contributed by atoms with Gasteiger partial charge in [0, 0.05) is 11.6 Å². The molecular weight excluding hydrogens is 531 g/mol. The lowest BCUT2D eigenvalue weighted by atomic mass is 9.95. The van der Waals surface area contributed by atoms with Gasteiger partial charge in [-0.2, -0.15) is 0 Å². The number of rotatable bonds is 3. The van der Waals surface area contributed by atoms with E-state index in [1.54, 1.807) is 25.3 Å². The highest BCUT2D eigenvalue weighted by Crippen LogP contribution is 2.50. The lowest BCUT2D eigenvalue weighted by molar-refractivity contribution is 0.236. The summed E-state index contributed by atoms with van der Waals surface area (Å²) in [6, 6.07) is 22.8. The van der Waals surface area contributed by atoms with Crippen molar-refractivity contribution in [3.05, 3.63) is 104 Å². The van der Waals surface area contributed by atoms with Gasteiger partial charge in [0.1, 0.15) is 34.9 Å². The van der Waals surface area contributed by atoms with Crippen LogP contribution in [-0.2, 0) is 0 Å². The molecule has 0 N–H and O–H groups in total. The monoisotopic (exact) mass is 548 g/mol. The third-order valence-electron chi connectivity index (χ3n) is 5.85. The molecule has 3 heterocycles. The molecule has 0 radical (unpaired) electrons. The first-order valence-corrected chi connectivity index (χ1v) is 11.5. The predicted molar refractivity (Wildman–Crippen MR) is 134 cm³/mol. The number of furan rings is 1. The number of para-hydroxylation sites is 1. The topological polar surface area (TPSA) is 61.8 Å². The quantitative estimate of drug-likeness (QED) is 0.232. The molecule has 5 nitrogen and oxygen atoms in total. The summed E-state index contributed by atoms with van der Waals surface area (Å²) in [5.74, 6) is 2.75. The fourth-order valence-corrected chi connectivity index (χ4v) is 5.18. The largest absolute Gasteiger partial charge is 0.497 e. The molecule has 1 atom stereocenters. The number of hydrogen-bond donors (Lipinski definition) is 0. The molecule has 1 unspecified atom stereocenters. The Balaban J connectivity index is 1.59. The lowest BCUT2D eigenvalue weighted by Crippen LogP contribution is -2.22. The van der Waals surface area contributed by atoms with Gasteiger partial charge in [0.05, 0.1) is 32.8 Å². The van der Waals surface area contributed by atoms with E-state index in [0.29, 0.717) is 33.8 Å². The van der Waals surface area contributed by atoms with Crippen molar-refractivity contribution in [2.45, 2.75) is 6.10 Å². The summed E-state index contributed by atoms with van der Waals surface area (Å²) in [5, 5.41) is 0.471. The van der Waals surface area contributed by atoms with Crippen molar-refractivity contribution in [2.75, 3.05) is 7.11 Å². The van der Waals surface area contributed by atoms with Gasteiger partial charge in [-0.15, -0.1) is 0 Å². The predicted octanol–water partition coefficient (Wildman–Crippen LogP) is 6.82. The fraction of sp³-hybridized carbons (Fsp3) is 0.0741. The van der Waals surface area contributed by atoms with E-state index in [2.05, 4.69) is 22.6 Å². The molecule has 0 spiro atoms. The van der Waals surface area contributed by atoms with Gasteiger partial charge >= 0.3 is 0 Å². The van der Waals surface area contributed by atoms with Crippen LogP contribution < -0.4 is 14.9 Å². The van der Waals surface area contributed by atoms with Crippen LogP contribution in [0.1, 0.15) is 17.2 Å². The maximum atomic E-state index is 13.5. The van der Waals surface area contributed by atoms with Crippen LogP contribution >= 0.6 is 22.6 Å². The summed E-state index contributed by atoms with van der Waals surface area (Å²) >= 11 is 2.28. The average Bonchev–Trinajstić information content (AvgIpc) is 3.22. The second-order valence-electron chi connectivity index (χ2n) is 7.73. The summed E-state index contributed by atoms with van der Waals surface area (Å²) in [7, 11) is 1.58. The maximum Gasteiger partial charge on any atom is 0.199 e. The van der Waals surface area contributed by atoms with Crippen LogP contribution in [0.25, 0.3) is 33.6 Å². The van der Waals surface area contributed by atoms with Crippen LogP contribution in [0.5, 0.6) is 11.5 Å². The van der Waals surface area contributed by atoms with Crippen molar-refractivity contribution in [1.29, 1.82) is 0 Å². The number of methoxy groups -OCH3 is 1. The highest BCUT2D eigenvalue weighted by atomic mass is 127. The molecule has 0 amide bonds. The minimum absolute atomic E-state index is 0.146. The lowest BCUT2D eigenvalue weighted by Gasteiger charge is -2.25. The van der Waals surface area contributed by atoms with Crippen LogP contribution in [-0.4, -0.2) is 7.11 Å². The van der Waals surface area contributed by atoms with Crippen molar-refractivity contribution in [1.82, 2.24) is 0 Å². The van der Waals surface area contributed by atoms with Crippen LogP contribution in [0.3, 0.4) is 0 Å². The Bertz CT molecular complexity index is 1570. The van der Waals surface area contributed by atoms with Gasteiger partial charge in [-0.1, -0.05) is 42.5 Å². The van der Waals surface area contributed by atoms with Crippen LogP contribution in [0, 0.1) is 3.57 Å². The van der Waals surface area contributed by atoms with Gasteiger partial charge in [0.2, 0.25) is 0 Å². The van der Waals surface area contributed by atoms with Gasteiger partial charge in [-0.05, 0) is 46.9 Å². The summed E-state index contributed by atoms with van der Waals surface area (Å²) in [4.78, 5) is 13.5. The third kappa shape index (κ3) is 3.16. The first-order valence-electron chi connectivity index (χ1n) is 10.4. The Morgan fingerprint density at radius 1 is 0.939 bits per heavy atom. The average molecular weight is 548 g/mol. The van der Waals surface area contributed by atoms with Crippen molar-refractivity contribution in [3.63, 3.8) is 0 Å². The van der Waals surface area contributed by atoms with Gasteiger partial charge in [-0.25, -0.2) is 0 Å². The zero-order valence-electron chi connectivity index (χ0n) is 17.5. The summed E-state index contributed by atoms with van der Waals surface area (Å²) in [6.45, 7) is 0. The number of benzene rings is 3. The molecule has 1 aliphatic rings. The Kier molecular flexibility index (Phi) is 4.76. The molecule has 6 rings (SSSR count). The Labute approximate surface area is 202 Å². The highest BCUT2D eigenvalue weighted by molar-refractivity contribution is 14.1. The minimum Gasteiger partial charge on any atom is -0.497 e. The number of halogens is 1. The Morgan fingerprint density at radius 2 is 1.73 bits per heavy atom. The molecule has 3 aromatic carbocycles. The zero-order chi connectivity index (χ0) is 22.5. The fourth-order valence-electron chi connectivity index (χ4n) is 4.23. The van der Waals surface area contributed by atoms with E-state index < -0.39 is 6.10 Å². The number of hydrogen-bond acceptors (Lipinski definition) is 5. The first kappa shape index (κ1) is 20.1. The highest BCUT2D eigenvalue weighted by Gasteiger charge is 2.36. The molecule has 0 saturated heterocycles. The second kappa shape index (κ2) is 7.81. The van der Waals surface area contributed by atoms with Crippen molar-refractivity contribution in [3.8, 4) is 34.1 Å². The molecule has 5 aromatic rings. The number of ether oxygens (including phenoxy) is 2. The molecule has 2 aromatic heterocycles. The molecule has 33 heavy (non-hydrogen) atoms. The molecule has 6 heteroatoms. The minimum atomic E-state index is -0.661. The summed E-state index contributed by atoms with van der Waals surface area (Å²) in [5.41, 5.74) is 3.39. The zero-order valence-corrected chi connectivity index (χ0v) is 19.7. The first-order chi connectivity index (χ1) is 16.2. The van der Waals surface area contributed by atoms with Crippen molar-refractivity contribution >= 4 is 33.6 Å². The summed E-state index contributed by atoms with van der Waals surface area (Å²) in [6.07, 6.45) is 0.823. The molecule has 0 aliphatic carbocycles. The van der Waals surface area contributed by atoms with Crippen LogP contribution in [0.4, 0.5) is 0 Å². The van der Waals surface area contributed by atoms with E-state index in [9.17, 15) is 4.79 Å². The number of fused-ring (bicyclic) bond motifs is 4. The van der Waals surface area contributed by atoms with E-state index in [1.807, 2.05) is 54.6 Å². The van der Waals surface area contributed by atoms with Crippen molar-refractivity contribution < 1.29 is 18.3 Å². The van der Waals surface area contributed by atoms with E-state index in [1.165, 1.54) is 6.26 Å². The molecule has 0 fully saturated rings. The maximum absolute atomic E-state index is 13.5. The standard InChI is InChI=1S/C27H17IO5/c1-30-16-11-12-17-21(13-16)31-14-19(24(17)29)27-22-23(28)25(15-7-3-2-4-8-15)33-26(22)18-9-5-6-10-20(18)32-27/h2-14,27H,1H3. The van der Waals surface area contributed by atoms with Gasteiger partial charge < -0.3 is 18.3 Å². The van der Waals surface area contributed by atoms with E-state index >= 15 is 0 Å². The molecule has 1 aliphatic heterocycles. The Hall–Kier alpha value is -3.52. The van der Waals surface area contributed by atoms with Gasteiger partial charge in [0.15, 0.2) is 11.5 Å². The van der Waals surface area contributed by atoms with Gasteiger partial charge in [-0.3, -0.25) is 4.79 Å². The molecule has 0 bridgehead atoms. The van der Waals surface area contributed by atoms with E-state index in [4.69, 9.17) is 18.3 Å². The SMILES string of the molecule is COc1ccc2c(=O)c(C3Oc4ccccc4-c4oc(-c5ccccc5)c(I)c43)coc2c1. The van der Waals surface area contributed by atoms with Crippen molar-refractivity contribution in [2.24, 2.45) is 0 Å². The van der Waals surface area contributed by atoms with Gasteiger partial charge in [0.25, 0.3) is 0 Å². The van der Waals surface area contributed by atoms with Crippen LogP contribution in [0.15, 0.2) is 92.7 Å². The molecular formula is C27H17IO5. The summed E-state index contributed by atoms with van der Waals surface area (Å²) < 4.78 is 24.8. The smallest absolute Gasteiger partial charge is 0.199 e. The van der Waals surface area contributed by atoms with E-state index in [0.717, 1.165) is 26.0 Å². The van der Waals surface area contributed by atoms with Crippen LogP contribution in [0.2, 0.25) is 0 Å². The molecule has 162 valence electrons. The van der Waals surface area contributed by atoms with E-state index in [-0.39, 0.29) is 5.43 Å². The molecule has 0 saturated carbocycles.